The highest BCUT2D eigenvalue weighted by Crippen LogP contribution is 2.32. The largest absolute Gasteiger partial charge is 0.507 e. The van der Waals surface area contributed by atoms with Gasteiger partial charge >= 0.3 is 0 Å². The van der Waals surface area contributed by atoms with Crippen molar-refractivity contribution in [3.05, 3.63) is 53.8 Å². The van der Waals surface area contributed by atoms with Crippen LogP contribution in [0.4, 0.5) is 4.39 Å². The number of nitrogens with zero attached hydrogens (tertiary/aromatic N) is 1. The summed E-state index contributed by atoms with van der Waals surface area (Å²) >= 11 is 0. The van der Waals surface area contributed by atoms with Crippen LogP contribution in [-0.2, 0) is 6.42 Å². The minimum Gasteiger partial charge on any atom is -0.507 e. The molecule has 0 spiro atoms. The molecule has 0 unspecified atom stereocenters. The molecule has 0 fully saturated rings. The predicted octanol–water partition coefficient (Wildman–Crippen LogP) is 3.26. The van der Waals surface area contributed by atoms with Crippen molar-refractivity contribution in [2.75, 3.05) is 0 Å². The van der Waals surface area contributed by atoms with Crippen molar-refractivity contribution in [2.45, 2.75) is 6.42 Å². The topological polar surface area (TPSA) is 44.0 Å². The highest BCUT2D eigenvalue weighted by atomic mass is 19.1. The summed E-state index contributed by atoms with van der Waals surface area (Å²) in [5.74, 6) is -0.402. The summed E-state index contributed by atoms with van der Waals surface area (Å²) in [7, 11) is 0. The van der Waals surface area contributed by atoms with Gasteiger partial charge in [0.1, 0.15) is 11.6 Å². The SMILES string of the molecule is N#CCc1ccccc1-c1cc(F)ccc1O. The predicted molar refractivity (Wildman–Crippen MR) is 62.8 cm³/mol. The Hall–Kier alpha value is -2.34. The van der Waals surface area contributed by atoms with Gasteiger partial charge in [-0.1, -0.05) is 24.3 Å². The maximum atomic E-state index is 13.2. The van der Waals surface area contributed by atoms with E-state index in [0.29, 0.717) is 11.1 Å². The van der Waals surface area contributed by atoms with Crippen LogP contribution in [0.25, 0.3) is 11.1 Å². The van der Waals surface area contributed by atoms with E-state index in [9.17, 15) is 9.50 Å². The molecule has 2 nitrogen and oxygen atoms in total. The lowest BCUT2D eigenvalue weighted by Crippen LogP contribution is -1.89. The van der Waals surface area contributed by atoms with Gasteiger partial charge < -0.3 is 5.11 Å². The Morgan fingerprint density at radius 3 is 2.65 bits per heavy atom. The summed E-state index contributed by atoms with van der Waals surface area (Å²) < 4.78 is 13.2. The molecule has 0 radical (unpaired) electrons. The fraction of sp³-hybridized carbons (Fsp3) is 0.0714. The van der Waals surface area contributed by atoms with Crippen LogP contribution in [0.15, 0.2) is 42.5 Å². The molecule has 2 aromatic carbocycles. The van der Waals surface area contributed by atoms with Crippen LogP contribution in [0.5, 0.6) is 5.75 Å². The molecule has 17 heavy (non-hydrogen) atoms. The average molecular weight is 227 g/mol. The number of phenols is 1. The van der Waals surface area contributed by atoms with E-state index in [4.69, 9.17) is 5.26 Å². The molecule has 0 aliphatic heterocycles. The fourth-order valence-electron chi connectivity index (χ4n) is 1.75. The zero-order valence-corrected chi connectivity index (χ0v) is 9.02. The number of rotatable bonds is 2. The van der Waals surface area contributed by atoms with E-state index in [2.05, 4.69) is 6.07 Å². The molecule has 2 aromatic rings. The lowest BCUT2D eigenvalue weighted by Gasteiger charge is -2.08. The van der Waals surface area contributed by atoms with Crippen molar-refractivity contribution in [2.24, 2.45) is 0 Å². The molecule has 0 bridgehead atoms. The molecule has 0 amide bonds. The Labute approximate surface area is 98.6 Å². The van der Waals surface area contributed by atoms with Gasteiger partial charge in [-0.05, 0) is 29.3 Å². The van der Waals surface area contributed by atoms with E-state index >= 15 is 0 Å². The van der Waals surface area contributed by atoms with Crippen molar-refractivity contribution in [3.8, 4) is 22.9 Å². The van der Waals surface area contributed by atoms with Gasteiger partial charge in [-0.15, -0.1) is 0 Å². The highest BCUT2D eigenvalue weighted by molar-refractivity contribution is 5.73. The first-order valence-electron chi connectivity index (χ1n) is 5.16. The second-order valence-electron chi connectivity index (χ2n) is 3.65. The van der Waals surface area contributed by atoms with E-state index in [1.807, 2.05) is 6.07 Å². The first-order valence-corrected chi connectivity index (χ1v) is 5.16. The van der Waals surface area contributed by atoms with Crippen LogP contribution < -0.4 is 0 Å². The lowest BCUT2D eigenvalue weighted by atomic mass is 9.97. The van der Waals surface area contributed by atoms with E-state index in [1.54, 1.807) is 18.2 Å². The van der Waals surface area contributed by atoms with Gasteiger partial charge in [0, 0.05) is 5.56 Å². The average Bonchev–Trinajstić information content (AvgIpc) is 2.34. The maximum absolute atomic E-state index is 13.2. The summed E-state index contributed by atoms with van der Waals surface area (Å²) in [6, 6.07) is 13.0. The quantitative estimate of drug-likeness (QED) is 0.855. The Kier molecular flexibility index (Phi) is 3.06. The van der Waals surface area contributed by atoms with Gasteiger partial charge in [0.05, 0.1) is 12.5 Å². The monoisotopic (exact) mass is 227 g/mol. The first-order chi connectivity index (χ1) is 8.22. The molecule has 0 saturated carbocycles. The van der Waals surface area contributed by atoms with E-state index < -0.39 is 5.82 Å². The molecular weight excluding hydrogens is 217 g/mol. The molecule has 0 aliphatic rings. The number of aromatic hydroxyl groups is 1. The van der Waals surface area contributed by atoms with Crippen LogP contribution in [0.3, 0.4) is 0 Å². The van der Waals surface area contributed by atoms with Gasteiger partial charge in [0.25, 0.3) is 0 Å². The lowest BCUT2D eigenvalue weighted by molar-refractivity contribution is 0.475. The van der Waals surface area contributed by atoms with Crippen LogP contribution in [0.2, 0.25) is 0 Å². The smallest absolute Gasteiger partial charge is 0.124 e. The number of nitriles is 1. The second kappa shape index (κ2) is 4.67. The van der Waals surface area contributed by atoms with Crippen LogP contribution in [-0.4, -0.2) is 5.11 Å². The number of phenolic OH excluding ortho intramolecular Hbond substituents is 1. The van der Waals surface area contributed by atoms with E-state index in [-0.39, 0.29) is 12.2 Å². The molecule has 3 heteroatoms. The Morgan fingerprint density at radius 1 is 1.12 bits per heavy atom. The number of benzene rings is 2. The van der Waals surface area contributed by atoms with E-state index in [0.717, 1.165) is 5.56 Å². The normalized spacial score (nSPS) is 9.88. The van der Waals surface area contributed by atoms with Gasteiger partial charge in [0.15, 0.2) is 0 Å². The standard InChI is InChI=1S/C14H10FNO/c15-11-5-6-14(17)13(9-11)12-4-2-1-3-10(12)7-8-16/h1-6,9,17H,7H2. The van der Waals surface area contributed by atoms with Gasteiger partial charge in [-0.2, -0.15) is 5.26 Å². The molecule has 0 saturated heterocycles. The Morgan fingerprint density at radius 2 is 1.88 bits per heavy atom. The molecular formula is C14H10FNO. The van der Waals surface area contributed by atoms with Crippen molar-refractivity contribution in [1.82, 2.24) is 0 Å². The molecule has 84 valence electrons. The third-order valence-electron chi connectivity index (χ3n) is 2.54. The molecule has 0 aromatic heterocycles. The number of halogens is 1. The Balaban J connectivity index is 2.60. The zero-order valence-electron chi connectivity index (χ0n) is 9.02. The minimum absolute atomic E-state index is 0.0109. The minimum atomic E-state index is -0.412. The first kappa shape index (κ1) is 11.2. The summed E-state index contributed by atoms with van der Waals surface area (Å²) in [6.45, 7) is 0. The maximum Gasteiger partial charge on any atom is 0.124 e. The third-order valence-corrected chi connectivity index (χ3v) is 2.54. The summed E-state index contributed by atoms with van der Waals surface area (Å²) in [4.78, 5) is 0. The molecule has 0 aliphatic carbocycles. The molecule has 2 rings (SSSR count). The third kappa shape index (κ3) is 2.26. The summed E-state index contributed by atoms with van der Waals surface area (Å²) in [5, 5.41) is 18.5. The molecule has 0 atom stereocenters. The number of hydrogen-bond acceptors (Lipinski definition) is 2. The summed E-state index contributed by atoms with van der Waals surface area (Å²) in [6.07, 6.45) is 0.228. The molecule has 1 N–H and O–H groups in total. The van der Waals surface area contributed by atoms with Crippen molar-refractivity contribution < 1.29 is 9.50 Å². The van der Waals surface area contributed by atoms with Crippen LogP contribution in [0, 0.1) is 17.1 Å². The van der Waals surface area contributed by atoms with Crippen molar-refractivity contribution >= 4 is 0 Å². The van der Waals surface area contributed by atoms with Crippen LogP contribution in [0.1, 0.15) is 5.56 Å². The fourth-order valence-corrected chi connectivity index (χ4v) is 1.75. The highest BCUT2D eigenvalue weighted by Gasteiger charge is 2.09. The van der Waals surface area contributed by atoms with Crippen LogP contribution >= 0.6 is 0 Å². The number of hydrogen-bond donors (Lipinski definition) is 1. The van der Waals surface area contributed by atoms with Gasteiger partial charge in [0.2, 0.25) is 0 Å². The zero-order chi connectivity index (χ0) is 12.3. The van der Waals surface area contributed by atoms with Gasteiger partial charge in [-0.25, -0.2) is 4.39 Å². The van der Waals surface area contributed by atoms with Crippen molar-refractivity contribution in [1.29, 1.82) is 5.26 Å². The molecule has 0 heterocycles. The Bertz CT molecular complexity index is 587. The summed E-state index contributed by atoms with van der Waals surface area (Å²) in [5.41, 5.74) is 1.87. The van der Waals surface area contributed by atoms with Crippen molar-refractivity contribution in [3.63, 3.8) is 0 Å². The van der Waals surface area contributed by atoms with Gasteiger partial charge in [-0.3, -0.25) is 0 Å². The second-order valence-corrected chi connectivity index (χ2v) is 3.65. The van der Waals surface area contributed by atoms with E-state index in [1.165, 1.54) is 18.2 Å².